The van der Waals surface area contributed by atoms with Gasteiger partial charge in [0.1, 0.15) is 0 Å². The molecule has 0 amide bonds. The summed E-state index contributed by atoms with van der Waals surface area (Å²) >= 11 is 0. The van der Waals surface area contributed by atoms with Gasteiger partial charge < -0.3 is 5.32 Å². The lowest BCUT2D eigenvalue weighted by Crippen LogP contribution is -2.23. The first-order valence-electron chi connectivity index (χ1n) is 5.41. The molecule has 0 unspecified atom stereocenters. The summed E-state index contributed by atoms with van der Waals surface area (Å²) in [6, 6.07) is 0. The van der Waals surface area contributed by atoms with E-state index in [-0.39, 0.29) is 0 Å². The zero-order valence-electron chi connectivity index (χ0n) is 9.19. The number of hydrogen-bond acceptors (Lipinski definition) is 1. The molecule has 0 aliphatic rings. The standard InChI is InChI=1S/C11H25N/c1-5-11(6-2)9-12-8-7-10(3)4/h10-12H,5-9H2,1-4H3. The van der Waals surface area contributed by atoms with Gasteiger partial charge in [-0.05, 0) is 31.3 Å². The first-order chi connectivity index (χ1) is 5.70. The molecule has 0 aromatic rings. The SMILES string of the molecule is CCC(CC)CNCCC(C)C. The maximum atomic E-state index is 3.52. The van der Waals surface area contributed by atoms with Crippen LogP contribution in [0.15, 0.2) is 0 Å². The van der Waals surface area contributed by atoms with Gasteiger partial charge in [-0.3, -0.25) is 0 Å². The molecule has 0 aliphatic carbocycles. The Labute approximate surface area is 77.9 Å². The van der Waals surface area contributed by atoms with Crippen molar-refractivity contribution in [1.29, 1.82) is 0 Å². The van der Waals surface area contributed by atoms with Gasteiger partial charge in [-0.15, -0.1) is 0 Å². The van der Waals surface area contributed by atoms with Crippen LogP contribution < -0.4 is 5.32 Å². The van der Waals surface area contributed by atoms with Crippen LogP contribution in [-0.2, 0) is 0 Å². The van der Waals surface area contributed by atoms with E-state index in [1.165, 1.54) is 32.4 Å². The largest absolute Gasteiger partial charge is 0.316 e. The Morgan fingerprint density at radius 3 is 2.08 bits per heavy atom. The van der Waals surface area contributed by atoms with Crippen molar-refractivity contribution in [3.05, 3.63) is 0 Å². The van der Waals surface area contributed by atoms with Crippen LogP contribution >= 0.6 is 0 Å². The van der Waals surface area contributed by atoms with Crippen LogP contribution in [0.2, 0.25) is 0 Å². The van der Waals surface area contributed by atoms with E-state index in [1.54, 1.807) is 0 Å². The van der Waals surface area contributed by atoms with Crippen molar-refractivity contribution in [2.75, 3.05) is 13.1 Å². The van der Waals surface area contributed by atoms with Crippen molar-refractivity contribution >= 4 is 0 Å². The van der Waals surface area contributed by atoms with E-state index in [1.807, 2.05) is 0 Å². The topological polar surface area (TPSA) is 12.0 Å². The van der Waals surface area contributed by atoms with Crippen LogP contribution in [0.5, 0.6) is 0 Å². The maximum Gasteiger partial charge on any atom is -0.00207 e. The molecule has 0 bridgehead atoms. The van der Waals surface area contributed by atoms with Gasteiger partial charge in [-0.25, -0.2) is 0 Å². The van der Waals surface area contributed by atoms with Gasteiger partial charge in [0.2, 0.25) is 0 Å². The van der Waals surface area contributed by atoms with E-state index >= 15 is 0 Å². The Kier molecular flexibility index (Phi) is 7.58. The Morgan fingerprint density at radius 2 is 1.67 bits per heavy atom. The molecule has 0 saturated carbocycles. The van der Waals surface area contributed by atoms with E-state index in [0.29, 0.717) is 0 Å². The summed E-state index contributed by atoms with van der Waals surface area (Å²) in [6.45, 7) is 11.5. The van der Waals surface area contributed by atoms with Gasteiger partial charge >= 0.3 is 0 Å². The Morgan fingerprint density at radius 1 is 1.08 bits per heavy atom. The van der Waals surface area contributed by atoms with Crippen molar-refractivity contribution in [3.8, 4) is 0 Å². The summed E-state index contributed by atoms with van der Waals surface area (Å²) < 4.78 is 0. The van der Waals surface area contributed by atoms with Crippen molar-refractivity contribution < 1.29 is 0 Å². The monoisotopic (exact) mass is 171 g/mol. The average molecular weight is 171 g/mol. The number of nitrogens with one attached hydrogen (secondary N) is 1. The predicted octanol–water partition coefficient (Wildman–Crippen LogP) is 3.06. The second kappa shape index (κ2) is 7.60. The summed E-state index contributed by atoms with van der Waals surface area (Å²) in [4.78, 5) is 0. The molecular formula is C11H25N. The zero-order chi connectivity index (χ0) is 9.40. The fourth-order valence-corrected chi connectivity index (χ4v) is 1.27. The van der Waals surface area contributed by atoms with Gasteiger partial charge in [0.25, 0.3) is 0 Å². The smallest absolute Gasteiger partial charge is 0.00207 e. The van der Waals surface area contributed by atoms with Crippen LogP contribution in [0.25, 0.3) is 0 Å². The molecule has 12 heavy (non-hydrogen) atoms. The quantitative estimate of drug-likeness (QED) is 0.580. The summed E-state index contributed by atoms with van der Waals surface area (Å²) in [5.41, 5.74) is 0. The first kappa shape index (κ1) is 12.0. The third-order valence-electron chi connectivity index (χ3n) is 2.49. The highest BCUT2D eigenvalue weighted by atomic mass is 14.8. The lowest BCUT2D eigenvalue weighted by molar-refractivity contribution is 0.434. The van der Waals surface area contributed by atoms with Crippen LogP contribution in [0, 0.1) is 11.8 Å². The first-order valence-corrected chi connectivity index (χ1v) is 5.41. The number of hydrogen-bond donors (Lipinski definition) is 1. The maximum absolute atomic E-state index is 3.52. The molecule has 0 saturated heterocycles. The minimum absolute atomic E-state index is 0.833. The molecule has 0 aromatic heterocycles. The fraction of sp³-hybridized carbons (Fsp3) is 1.00. The molecule has 0 rings (SSSR count). The lowest BCUT2D eigenvalue weighted by Gasteiger charge is -2.13. The minimum Gasteiger partial charge on any atom is -0.316 e. The van der Waals surface area contributed by atoms with E-state index in [4.69, 9.17) is 0 Å². The van der Waals surface area contributed by atoms with E-state index in [2.05, 4.69) is 33.0 Å². The summed E-state index contributed by atoms with van der Waals surface area (Å²) in [5, 5.41) is 3.52. The van der Waals surface area contributed by atoms with Gasteiger partial charge in [0, 0.05) is 0 Å². The van der Waals surface area contributed by atoms with Crippen LogP contribution in [0.3, 0.4) is 0 Å². The molecule has 74 valence electrons. The summed E-state index contributed by atoms with van der Waals surface area (Å²) in [7, 11) is 0. The molecule has 0 heterocycles. The summed E-state index contributed by atoms with van der Waals surface area (Å²) in [6.07, 6.45) is 3.93. The summed E-state index contributed by atoms with van der Waals surface area (Å²) in [5.74, 6) is 1.72. The zero-order valence-corrected chi connectivity index (χ0v) is 9.19. The molecule has 1 N–H and O–H groups in total. The molecule has 0 aromatic carbocycles. The van der Waals surface area contributed by atoms with Crippen molar-refractivity contribution in [2.45, 2.75) is 47.0 Å². The van der Waals surface area contributed by atoms with Crippen LogP contribution in [0.1, 0.15) is 47.0 Å². The number of rotatable bonds is 7. The molecular weight excluding hydrogens is 146 g/mol. The Hall–Kier alpha value is -0.0400. The Balaban J connectivity index is 3.17. The highest BCUT2D eigenvalue weighted by molar-refractivity contribution is 4.59. The third-order valence-corrected chi connectivity index (χ3v) is 2.49. The van der Waals surface area contributed by atoms with E-state index in [0.717, 1.165) is 11.8 Å². The highest BCUT2D eigenvalue weighted by Gasteiger charge is 2.01. The van der Waals surface area contributed by atoms with E-state index in [9.17, 15) is 0 Å². The van der Waals surface area contributed by atoms with E-state index < -0.39 is 0 Å². The van der Waals surface area contributed by atoms with Crippen molar-refractivity contribution in [1.82, 2.24) is 5.32 Å². The average Bonchev–Trinajstić information content (AvgIpc) is 2.04. The van der Waals surface area contributed by atoms with Crippen LogP contribution in [0.4, 0.5) is 0 Å². The van der Waals surface area contributed by atoms with Gasteiger partial charge in [-0.2, -0.15) is 0 Å². The van der Waals surface area contributed by atoms with Gasteiger partial charge in [0.05, 0.1) is 0 Å². The fourth-order valence-electron chi connectivity index (χ4n) is 1.27. The predicted molar refractivity (Wildman–Crippen MR) is 56.4 cm³/mol. The molecule has 1 heteroatoms. The lowest BCUT2D eigenvalue weighted by atomic mass is 10.0. The second-order valence-corrected chi connectivity index (χ2v) is 4.07. The van der Waals surface area contributed by atoms with Crippen LogP contribution in [-0.4, -0.2) is 13.1 Å². The molecule has 0 aliphatic heterocycles. The molecule has 0 radical (unpaired) electrons. The van der Waals surface area contributed by atoms with Crippen molar-refractivity contribution in [2.24, 2.45) is 11.8 Å². The third kappa shape index (κ3) is 6.66. The molecule has 1 nitrogen and oxygen atoms in total. The van der Waals surface area contributed by atoms with Gasteiger partial charge in [-0.1, -0.05) is 40.5 Å². The van der Waals surface area contributed by atoms with Gasteiger partial charge in [0.15, 0.2) is 0 Å². The molecule has 0 spiro atoms. The minimum atomic E-state index is 0.833. The van der Waals surface area contributed by atoms with Crippen molar-refractivity contribution in [3.63, 3.8) is 0 Å². The normalized spacial score (nSPS) is 11.5. The molecule has 0 atom stereocenters. The molecule has 0 fully saturated rings. The Bertz CT molecular complexity index is 85.0. The highest BCUT2D eigenvalue weighted by Crippen LogP contribution is 2.05. The second-order valence-electron chi connectivity index (χ2n) is 4.07.